The van der Waals surface area contributed by atoms with Gasteiger partial charge in [0.05, 0.1) is 0 Å². The quantitative estimate of drug-likeness (QED) is 0.110. The Balaban J connectivity index is 1.37. The maximum Gasteiger partial charge on any atom is 0.336 e. The molecule has 0 bridgehead atoms. The number of ether oxygens (including phenoxy) is 3. The molecule has 0 aliphatic carbocycles. The number of ketones is 1. The summed E-state index contributed by atoms with van der Waals surface area (Å²) in [5.41, 5.74) is 3.10. The van der Waals surface area contributed by atoms with Crippen LogP contribution >= 0.6 is 0 Å². The first kappa shape index (κ1) is 24.5. The van der Waals surface area contributed by atoms with Gasteiger partial charge >= 0.3 is 5.97 Å². The van der Waals surface area contributed by atoms with E-state index >= 15 is 0 Å². The van der Waals surface area contributed by atoms with Crippen molar-refractivity contribution < 1.29 is 23.8 Å². The monoisotopic (exact) mass is 478 g/mol. The zero-order valence-corrected chi connectivity index (χ0v) is 19.9. The topological polar surface area (TPSA) is 61.8 Å². The average Bonchev–Trinajstić information content (AvgIpc) is 2.91. The van der Waals surface area contributed by atoms with Crippen LogP contribution in [0.15, 0.2) is 109 Å². The Morgan fingerprint density at radius 2 is 1.25 bits per heavy atom. The van der Waals surface area contributed by atoms with Crippen molar-refractivity contribution in [1.29, 1.82) is 0 Å². The Hall–Kier alpha value is -4.64. The SMILES string of the molecule is CC(=O)c1c(OCc2ccccc2)cccc1OC(=O)/C=C/c1ccc(OCc2ccccc2)cc1. The normalized spacial score (nSPS) is 10.7. The third kappa shape index (κ3) is 6.93. The van der Waals surface area contributed by atoms with E-state index in [0.717, 1.165) is 22.4 Å². The third-order valence-electron chi connectivity index (χ3n) is 5.33. The van der Waals surface area contributed by atoms with Gasteiger partial charge in [-0.2, -0.15) is 0 Å². The van der Waals surface area contributed by atoms with Gasteiger partial charge in [-0.1, -0.05) is 78.9 Å². The van der Waals surface area contributed by atoms with E-state index in [-0.39, 0.29) is 17.1 Å². The van der Waals surface area contributed by atoms with Crippen LogP contribution in [0.1, 0.15) is 34.0 Å². The van der Waals surface area contributed by atoms with Gasteiger partial charge in [-0.3, -0.25) is 4.79 Å². The molecule has 4 aromatic rings. The molecule has 0 saturated heterocycles. The average molecular weight is 479 g/mol. The first-order chi connectivity index (χ1) is 17.6. The van der Waals surface area contributed by atoms with E-state index in [1.807, 2.05) is 84.9 Å². The van der Waals surface area contributed by atoms with Gasteiger partial charge in [0.15, 0.2) is 5.78 Å². The highest BCUT2D eigenvalue weighted by atomic mass is 16.5. The van der Waals surface area contributed by atoms with Crippen LogP contribution in [0.2, 0.25) is 0 Å². The van der Waals surface area contributed by atoms with E-state index < -0.39 is 5.97 Å². The van der Waals surface area contributed by atoms with E-state index in [9.17, 15) is 9.59 Å². The largest absolute Gasteiger partial charge is 0.489 e. The van der Waals surface area contributed by atoms with Crippen molar-refractivity contribution in [2.75, 3.05) is 0 Å². The lowest BCUT2D eigenvalue weighted by atomic mass is 10.1. The fraction of sp³-hybridized carbons (Fsp3) is 0.0968. The van der Waals surface area contributed by atoms with Crippen molar-refractivity contribution in [2.24, 2.45) is 0 Å². The molecular formula is C31H26O5. The molecule has 0 fully saturated rings. The number of carbonyl (C=O) groups is 2. The number of benzene rings is 4. The Labute approximate surface area is 210 Å². The molecule has 0 N–H and O–H groups in total. The van der Waals surface area contributed by atoms with Crippen LogP contribution in [0.4, 0.5) is 0 Å². The van der Waals surface area contributed by atoms with Gasteiger partial charge < -0.3 is 14.2 Å². The van der Waals surface area contributed by atoms with Gasteiger partial charge in [-0.15, -0.1) is 0 Å². The van der Waals surface area contributed by atoms with Crippen LogP contribution in [0.25, 0.3) is 6.08 Å². The van der Waals surface area contributed by atoms with Crippen molar-refractivity contribution in [3.05, 3.63) is 131 Å². The van der Waals surface area contributed by atoms with Crippen molar-refractivity contribution in [3.63, 3.8) is 0 Å². The molecule has 180 valence electrons. The first-order valence-corrected chi connectivity index (χ1v) is 11.6. The summed E-state index contributed by atoms with van der Waals surface area (Å²) in [6, 6.07) is 31.9. The number of rotatable bonds is 10. The molecule has 0 atom stereocenters. The van der Waals surface area contributed by atoms with Crippen molar-refractivity contribution in [2.45, 2.75) is 20.1 Å². The molecule has 4 aromatic carbocycles. The first-order valence-electron chi connectivity index (χ1n) is 11.6. The summed E-state index contributed by atoms with van der Waals surface area (Å²) >= 11 is 0. The van der Waals surface area contributed by atoms with Crippen LogP contribution < -0.4 is 14.2 Å². The fourth-order valence-electron chi connectivity index (χ4n) is 3.52. The van der Waals surface area contributed by atoms with E-state index in [2.05, 4.69) is 0 Å². The molecule has 5 nitrogen and oxygen atoms in total. The summed E-state index contributed by atoms with van der Waals surface area (Å²) < 4.78 is 17.1. The molecule has 0 aliphatic rings. The molecule has 0 aliphatic heterocycles. The molecular weight excluding hydrogens is 452 g/mol. The summed E-state index contributed by atoms with van der Waals surface area (Å²) in [6.07, 6.45) is 2.97. The lowest BCUT2D eigenvalue weighted by Crippen LogP contribution is -2.09. The van der Waals surface area contributed by atoms with Crippen molar-refractivity contribution in [3.8, 4) is 17.2 Å². The third-order valence-corrected chi connectivity index (χ3v) is 5.33. The van der Waals surface area contributed by atoms with Crippen LogP contribution in [-0.2, 0) is 18.0 Å². The number of esters is 1. The Kier molecular flexibility index (Phi) is 8.28. The summed E-state index contributed by atoms with van der Waals surface area (Å²) in [5, 5.41) is 0. The van der Waals surface area contributed by atoms with Crippen LogP contribution in [-0.4, -0.2) is 11.8 Å². The van der Waals surface area contributed by atoms with E-state index in [1.54, 1.807) is 24.3 Å². The molecule has 0 saturated carbocycles. The fourth-order valence-corrected chi connectivity index (χ4v) is 3.52. The number of hydrogen-bond donors (Lipinski definition) is 0. The molecule has 36 heavy (non-hydrogen) atoms. The Morgan fingerprint density at radius 1 is 0.667 bits per heavy atom. The number of Topliss-reactive ketones (excluding diaryl/α,β-unsaturated/α-hetero) is 1. The van der Waals surface area contributed by atoms with E-state index in [1.165, 1.54) is 13.0 Å². The van der Waals surface area contributed by atoms with Gasteiger partial charge in [0.1, 0.15) is 36.0 Å². The van der Waals surface area contributed by atoms with Gasteiger partial charge in [0.25, 0.3) is 0 Å². The number of carbonyl (C=O) groups excluding carboxylic acids is 2. The molecule has 4 rings (SSSR count). The Bertz CT molecular complexity index is 1330. The van der Waals surface area contributed by atoms with Gasteiger partial charge in [-0.05, 0) is 54.0 Å². The maximum absolute atomic E-state index is 12.5. The molecule has 5 heteroatoms. The second kappa shape index (κ2) is 12.2. The Morgan fingerprint density at radius 3 is 1.86 bits per heavy atom. The van der Waals surface area contributed by atoms with Gasteiger partial charge in [-0.25, -0.2) is 4.79 Å². The molecule has 0 unspecified atom stereocenters. The highest BCUT2D eigenvalue weighted by Gasteiger charge is 2.17. The van der Waals surface area contributed by atoms with Crippen LogP contribution in [0.3, 0.4) is 0 Å². The predicted molar refractivity (Wildman–Crippen MR) is 139 cm³/mol. The predicted octanol–water partition coefficient (Wildman–Crippen LogP) is 6.67. The highest BCUT2D eigenvalue weighted by Crippen LogP contribution is 2.30. The number of hydrogen-bond acceptors (Lipinski definition) is 5. The van der Waals surface area contributed by atoms with Gasteiger partial charge in [0.2, 0.25) is 0 Å². The molecule has 0 spiro atoms. The lowest BCUT2D eigenvalue weighted by Gasteiger charge is -2.13. The minimum Gasteiger partial charge on any atom is -0.489 e. The zero-order chi connectivity index (χ0) is 25.2. The molecule has 0 radical (unpaired) electrons. The second-order valence-electron chi connectivity index (χ2n) is 8.06. The standard InChI is InChI=1S/C31H26O5/c1-23(32)31-28(35-22-26-11-6-3-7-12-26)13-8-14-29(31)36-30(33)20-17-24-15-18-27(19-16-24)34-21-25-9-4-2-5-10-25/h2-20H,21-22H2,1H3/b20-17+. The van der Waals surface area contributed by atoms with Crippen LogP contribution in [0, 0.1) is 0 Å². The minimum absolute atomic E-state index is 0.160. The second-order valence-corrected chi connectivity index (χ2v) is 8.06. The van der Waals surface area contributed by atoms with Gasteiger partial charge in [0, 0.05) is 6.08 Å². The summed E-state index contributed by atoms with van der Waals surface area (Å²) in [7, 11) is 0. The molecule has 0 heterocycles. The van der Waals surface area contributed by atoms with E-state index in [0.29, 0.717) is 19.0 Å². The molecule has 0 amide bonds. The maximum atomic E-state index is 12.5. The summed E-state index contributed by atoms with van der Waals surface area (Å²) in [4.78, 5) is 24.8. The van der Waals surface area contributed by atoms with Crippen molar-refractivity contribution >= 4 is 17.8 Å². The van der Waals surface area contributed by atoms with Crippen molar-refractivity contribution in [1.82, 2.24) is 0 Å². The minimum atomic E-state index is -0.595. The smallest absolute Gasteiger partial charge is 0.336 e. The lowest BCUT2D eigenvalue weighted by molar-refractivity contribution is -0.128. The summed E-state index contributed by atoms with van der Waals surface area (Å²) in [6.45, 7) is 2.19. The highest BCUT2D eigenvalue weighted by molar-refractivity contribution is 6.01. The van der Waals surface area contributed by atoms with Crippen LogP contribution in [0.5, 0.6) is 17.2 Å². The molecule has 0 aromatic heterocycles. The van der Waals surface area contributed by atoms with E-state index in [4.69, 9.17) is 14.2 Å². The summed E-state index contributed by atoms with van der Waals surface area (Å²) in [5.74, 6) is 0.412. The zero-order valence-electron chi connectivity index (χ0n) is 19.9.